The van der Waals surface area contributed by atoms with Crippen LogP contribution in [0.25, 0.3) is 0 Å². The average molecular weight is 437 g/mol. The zero-order valence-corrected chi connectivity index (χ0v) is 18.9. The first-order chi connectivity index (χ1) is 15.1. The number of carbonyl (C=O) groups excluding carboxylic acids is 1. The smallest absolute Gasteiger partial charge is 0.227 e. The van der Waals surface area contributed by atoms with Crippen molar-refractivity contribution in [2.75, 3.05) is 38.2 Å². The second-order valence-electron chi connectivity index (χ2n) is 7.90. The normalized spacial score (nSPS) is 14.4. The molecule has 0 spiro atoms. The molecule has 2 aromatic carbocycles. The number of carbonyl (C=O) groups is 1. The molecule has 1 aliphatic rings. The first-order valence-corrected chi connectivity index (χ1v) is 11.4. The number of rotatable bonds is 6. The maximum atomic E-state index is 12.8. The van der Waals surface area contributed by atoms with Crippen LogP contribution in [0.2, 0.25) is 0 Å². The van der Waals surface area contributed by atoms with E-state index >= 15 is 0 Å². The number of ether oxygens (including phenoxy) is 1. The molecule has 1 saturated heterocycles. The molecular weight excluding hydrogens is 408 g/mol. The lowest BCUT2D eigenvalue weighted by Crippen LogP contribution is -2.36. The van der Waals surface area contributed by atoms with Crippen LogP contribution in [0.3, 0.4) is 0 Å². The van der Waals surface area contributed by atoms with Gasteiger partial charge >= 0.3 is 0 Å². The van der Waals surface area contributed by atoms with E-state index in [-0.39, 0.29) is 5.91 Å². The van der Waals surface area contributed by atoms with Crippen LogP contribution in [0, 0.1) is 6.92 Å². The third kappa shape index (κ3) is 5.61. The number of amides is 1. The molecule has 0 bridgehead atoms. The minimum absolute atomic E-state index is 0.171. The third-order valence-electron chi connectivity index (χ3n) is 5.57. The maximum absolute atomic E-state index is 12.8. The predicted octanol–water partition coefficient (Wildman–Crippen LogP) is 3.73. The van der Waals surface area contributed by atoms with Gasteiger partial charge in [-0.2, -0.15) is 4.37 Å². The second kappa shape index (κ2) is 9.92. The lowest BCUT2D eigenvalue weighted by atomic mass is 10.1. The summed E-state index contributed by atoms with van der Waals surface area (Å²) in [6.45, 7) is 5.26. The summed E-state index contributed by atoms with van der Waals surface area (Å²) in [6, 6.07) is 16.2. The molecule has 0 atom stereocenters. The van der Waals surface area contributed by atoms with Gasteiger partial charge in [0.1, 0.15) is 11.6 Å². The Kier molecular flexibility index (Phi) is 6.82. The summed E-state index contributed by atoms with van der Waals surface area (Å²) < 4.78 is 9.75. The van der Waals surface area contributed by atoms with Crippen molar-refractivity contribution in [3.8, 4) is 5.75 Å². The standard InChI is InChI=1S/C24H28N4O2S/c1-18-4-6-19(7-5-18)16-22-25-24(31-26-22)28-13-3-12-27(14-15-28)23(29)17-20-8-10-21(30-2)11-9-20/h4-11H,3,12-17H2,1-2H3. The van der Waals surface area contributed by atoms with Crippen LogP contribution in [-0.4, -0.2) is 53.5 Å². The van der Waals surface area contributed by atoms with Crippen LogP contribution in [0.4, 0.5) is 5.13 Å². The molecule has 1 aromatic heterocycles. The van der Waals surface area contributed by atoms with Crippen molar-refractivity contribution in [3.63, 3.8) is 0 Å². The Morgan fingerprint density at radius 3 is 2.48 bits per heavy atom. The highest BCUT2D eigenvalue weighted by molar-refractivity contribution is 7.09. The largest absolute Gasteiger partial charge is 0.497 e. The van der Waals surface area contributed by atoms with E-state index in [2.05, 4.69) is 40.5 Å². The van der Waals surface area contributed by atoms with Crippen molar-refractivity contribution in [1.29, 1.82) is 0 Å². The Balaban J connectivity index is 1.32. The highest BCUT2D eigenvalue weighted by Gasteiger charge is 2.21. The molecule has 162 valence electrons. The van der Waals surface area contributed by atoms with Gasteiger partial charge in [-0.3, -0.25) is 4.79 Å². The quantitative estimate of drug-likeness (QED) is 0.589. The lowest BCUT2D eigenvalue weighted by Gasteiger charge is -2.21. The van der Waals surface area contributed by atoms with E-state index in [0.717, 1.165) is 54.7 Å². The molecular formula is C24H28N4O2S. The second-order valence-corrected chi connectivity index (χ2v) is 8.63. The number of methoxy groups -OCH3 is 1. The van der Waals surface area contributed by atoms with Gasteiger partial charge in [0.15, 0.2) is 0 Å². The van der Waals surface area contributed by atoms with Crippen LogP contribution in [0.5, 0.6) is 5.75 Å². The van der Waals surface area contributed by atoms with Crippen molar-refractivity contribution in [3.05, 3.63) is 71.0 Å². The van der Waals surface area contributed by atoms with E-state index in [1.54, 1.807) is 7.11 Å². The molecule has 3 aromatic rings. The minimum Gasteiger partial charge on any atom is -0.497 e. The van der Waals surface area contributed by atoms with Crippen LogP contribution < -0.4 is 9.64 Å². The van der Waals surface area contributed by atoms with E-state index in [9.17, 15) is 4.79 Å². The molecule has 6 nitrogen and oxygen atoms in total. The molecule has 2 heterocycles. The molecule has 0 unspecified atom stereocenters. The molecule has 7 heteroatoms. The van der Waals surface area contributed by atoms with Crippen LogP contribution in [0.1, 0.15) is 28.9 Å². The predicted molar refractivity (Wildman–Crippen MR) is 124 cm³/mol. The van der Waals surface area contributed by atoms with Crippen molar-refractivity contribution in [2.24, 2.45) is 0 Å². The lowest BCUT2D eigenvalue weighted by molar-refractivity contribution is -0.130. The SMILES string of the molecule is COc1ccc(CC(=O)N2CCCN(c3nc(Cc4ccc(C)cc4)ns3)CC2)cc1. The highest BCUT2D eigenvalue weighted by atomic mass is 32.1. The van der Waals surface area contributed by atoms with E-state index in [0.29, 0.717) is 13.0 Å². The molecule has 1 fully saturated rings. The van der Waals surface area contributed by atoms with E-state index < -0.39 is 0 Å². The Morgan fingerprint density at radius 2 is 1.74 bits per heavy atom. The zero-order valence-electron chi connectivity index (χ0n) is 18.1. The number of anilines is 1. The molecule has 0 saturated carbocycles. The average Bonchev–Trinajstić information content (AvgIpc) is 3.10. The summed E-state index contributed by atoms with van der Waals surface area (Å²) in [5.74, 6) is 1.84. The number of hydrogen-bond donors (Lipinski definition) is 0. The maximum Gasteiger partial charge on any atom is 0.227 e. The van der Waals surface area contributed by atoms with Gasteiger partial charge in [-0.25, -0.2) is 4.98 Å². The van der Waals surface area contributed by atoms with Crippen molar-refractivity contribution >= 4 is 22.6 Å². The molecule has 0 N–H and O–H groups in total. The number of hydrogen-bond acceptors (Lipinski definition) is 6. The minimum atomic E-state index is 0.171. The molecule has 0 aliphatic carbocycles. The van der Waals surface area contributed by atoms with Gasteiger partial charge in [0, 0.05) is 44.1 Å². The number of benzene rings is 2. The zero-order chi connectivity index (χ0) is 21.6. The Morgan fingerprint density at radius 1 is 1.00 bits per heavy atom. The molecule has 0 radical (unpaired) electrons. The van der Waals surface area contributed by atoms with Crippen molar-refractivity contribution in [1.82, 2.24) is 14.3 Å². The molecule has 4 rings (SSSR count). The molecule has 1 amide bonds. The van der Waals surface area contributed by atoms with Crippen molar-refractivity contribution in [2.45, 2.75) is 26.2 Å². The number of nitrogens with zero attached hydrogens (tertiary/aromatic N) is 4. The van der Waals surface area contributed by atoms with Crippen LogP contribution in [0.15, 0.2) is 48.5 Å². The summed E-state index contributed by atoms with van der Waals surface area (Å²) in [5.41, 5.74) is 3.49. The van der Waals surface area contributed by atoms with Gasteiger partial charge in [0.2, 0.25) is 11.0 Å². The fourth-order valence-corrected chi connectivity index (χ4v) is 4.46. The van der Waals surface area contributed by atoms with Crippen LogP contribution in [-0.2, 0) is 17.6 Å². The van der Waals surface area contributed by atoms with Gasteiger partial charge in [-0.05, 0) is 36.6 Å². The summed E-state index contributed by atoms with van der Waals surface area (Å²) in [4.78, 5) is 21.8. The van der Waals surface area contributed by atoms with Crippen LogP contribution >= 0.6 is 11.5 Å². The molecule has 1 aliphatic heterocycles. The fraction of sp³-hybridized carbons (Fsp3) is 0.375. The van der Waals surface area contributed by atoms with E-state index in [1.165, 1.54) is 22.7 Å². The molecule has 31 heavy (non-hydrogen) atoms. The Labute approximate surface area is 187 Å². The summed E-state index contributed by atoms with van der Waals surface area (Å²) in [7, 11) is 1.65. The number of aryl methyl sites for hydroxylation is 1. The topological polar surface area (TPSA) is 58.6 Å². The fourth-order valence-electron chi connectivity index (χ4n) is 3.72. The number of aromatic nitrogens is 2. The van der Waals surface area contributed by atoms with E-state index in [1.807, 2.05) is 29.2 Å². The summed E-state index contributed by atoms with van der Waals surface area (Å²) >= 11 is 1.45. The van der Waals surface area contributed by atoms with Gasteiger partial charge in [0.05, 0.1) is 13.5 Å². The van der Waals surface area contributed by atoms with Gasteiger partial charge in [-0.1, -0.05) is 42.0 Å². The Bertz CT molecular complexity index is 1000. The monoisotopic (exact) mass is 436 g/mol. The third-order valence-corrected chi connectivity index (χ3v) is 6.39. The highest BCUT2D eigenvalue weighted by Crippen LogP contribution is 2.21. The van der Waals surface area contributed by atoms with Crippen molar-refractivity contribution < 1.29 is 9.53 Å². The summed E-state index contributed by atoms with van der Waals surface area (Å²) in [6.07, 6.45) is 2.10. The van der Waals surface area contributed by atoms with E-state index in [4.69, 9.17) is 9.72 Å². The Hall–Kier alpha value is -2.93. The first-order valence-electron chi connectivity index (χ1n) is 10.6. The van der Waals surface area contributed by atoms with Gasteiger partial charge in [0.25, 0.3) is 0 Å². The van der Waals surface area contributed by atoms with Gasteiger partial charge in [-0.15, -0.1) is 0 Å². The first kappa shape index (κ1) is 21.3. The van der Waals surface area contributed by atoms with Gasteiger partial charge < -0.3 is 14.5 Å². The summed E-state index contributed by atoms with van der Waals surface area (Å²) in [5, 5.41) is 0.951.